The molecular weight excluding hydrogens is 222 g/mol. The Labute approximate surface area is 100 Å². The Morgan fingerprint density at radius 2 is 2.29 bits per heavy atom. The number of nitrogens with zero attached hydrogens (tertiary/aromatic N) is 1. The molecule has 6 nitrogen and oxygen atoms in total. The number of aliphatic hydroxyl groups is 1. The van der Waals surface area contributed by atoms with E-state index in [0.29, 0.717) is 24.7 Å². The first-order valence-electron chi connectivity index (χ1n) is 5.30. The van der Waals surface area contributed by atoms with Crippen molar-refractivity contribution in [3.8, 4) is 5.88 Å². The summed E-state index contributed by atoms with van der Waals surface area (Å²) in [5, 5.41) is 14.2. The number of nitrogens with one attached hydrogen (secondary N) is 2. The zero-order valence-electron chi connectivity index (χ0n) is 9.99. The second kappa shape index (κ2) is 6.82. The molecule has 17 heavy (non-hydrogen) atoms. The number of amides is 1. The summed E-state index contributed by atoms with van der Waals surface area (Å²) in [5.74, 6) is 0.162. The van der Waals surface area contributed by atoms with E-state index in [9.17, 15) is 4.79 Å². The van der Waals surface area contributed by atoms with Gasteiger partial charge in [-0.05, 0) is 12.1 Å². The monoisotopic (exact) mass is 239 g/mol. The fourth-order valence-corrected chi connectivity index (χ4v) is 1.34. The predicted molar refractivity (Wildman–Crippen MR) is 63.0 cm³/mol. The normalized spacial score (nSPS) is 10.1. The van der Waals surface area contributed by atoms with Gasteiger partial charge in [0.1, 0.15) is 5.69 Å². The summed E-state index contributed by atoms with van der Waals surface area (Å²) in [7, 11) is 3.05. The van der Waals surface area contributed by atoms with Gasteiger partial charge in [-0.3, -0.25) is 4.79 Å². The number of hydrogen-bond acceptors (Lipinski definition) is 5. The summed E-state index contributed by atoms with van der Waals surface area (Å²) in [6.07, 6.45) is 0. The zero-order valence-corrected chi connectivity index (χ0v) is 9.99. The van der Waals surface area contributed by atoms with Crippen LogP contribution in [-0.4, -0.2) is 43.3 Å². The van der Waals surface area contributed by atoms with Gasteiger partial charge < -0.3 is 20.5 Å². The molecule has 0 aromatic carbocycles. The first-order chi connectivity index (χ1) is 8.22. The third-order valence-corrected chi connectivity index (χ3v) is 2.20. The molecule has 1 heterocycles. The summed E-state index contributed by atoms with van der Waals surface area (Å²) in [4.78, 5) is 15.5. The lowest BCUT2D eigenvalue weighted by atomic mass is 10.2. The van der Waals surface area contributed by atoms with Crippen molar-refractivity contribution in [3.63, 3.8) is 0 Å². The quantitative estimate of drug-likeness (QED) is 0.585. The van der Waals surface area contributed by atoms with E-state index < -0.39 is 0 Å². The lowest BCUT2D eigenvalue weighted by Crippen LogP contribution is -2.21. The molecule has 0 unspecified atom stereocenters. The molecule has 1 amide bonds. The lowest BCUT2D eigenvalue weighted by Gasteiger charge is -2.09. The molecule has 0 bridgehead atoms. The van der Waals surface area contributed by atoms with Gasteiger partial charge in [0.15, 0.2) is 0 Å². The van der Waals surface area contributed by atoms with Gasteiger partial charge in [0.25, 0.3) is 5.91 Å². The van der Waals surface area contributed by atoms with E-state index in [0.717, 1.165) is 5.56 Å². The number of methoxy groups -OCH3 is 1. The summed E-state index contributed by atoms with van der Waals surface area (Å²) < 4.78 is 5.12. The van der Waals surface area contributed by atoms with E-state index in [1.807, 2.05) is 0 Å². The topological polar surface area (TPSA) is 83.5 Å². The highest BCUT2D eigenvalue weighted by Gasteiger charge is 2.10. The Hall–Kier alpha value is -1.66. The van der Waals surface area contributed by atoms with Gasteiger partial charge in [0, 0.05) is 25.7 Å². The minimum atomic E-state index is -0.252. The number of carbonyl (C=O) groups excluding carboxylic acids is 1. The second-order valence-electron chi connectivity index (χ2n) is 3.34. The smallest absolute Gasteiger partial charge is 0.269 e. The number of ether oxygens (including phenoxy) is 1. The summed E-state index contributed by atoms with van der Waals surface area (Å²) in [6.45, 7) is 1.11. The van der Waals surface area contributed by atoms with Crippen LogP contribution in [0.3, 0.4) is 0 Å². The van der Waals surface area contributed by atoms with Crippen molar-refractivity contribution in [1.82, 2.24) is 15.6 Å². The molecule has 0 atom stereocenters. The second-order valence-corrected chi connectivity index (χ2v) is 3.34. The molecule has 1 rings (SSSR count). The zero-order chi connectivity index (χ0) is 12.7. The minimum Gasteiger partial charge on any atom is -0.481 e. The van der Waals surface area contributed by atoms with Crippen molar-refractivity contribution in [3.05, 3.63) is 23.4 Å². The van der Waals surface area contributed by atoms with Crippen molar-refractivity contribution in [2.75, 3.05) is 27.3 Å². The third kappa shape index (κ3) is 3.69. The Balaban J connectivity index is 2.81. The molecule has 1 aromatic heterocycles. The van der Waals surface area contributed by atoms with E-state index >= 15 is 0 Å². The first-order valence-corrected chi connectivity index (χ1v) is 5.30. The lowest BCUT2D eigenvalue weighted by molar-refractivity contribution is 0.0957. The molecule has 94 valence electrons. The van der Waals surface area contributed by atoms with Gasteiger partial charge in [0.05, 0.1) is 13.7 Å². The Bertz CT molecular complexity index is 382. The fraction of sp³-hybridized carbons (Fsp3) is 0.455. The highest BCUT2D eigenvalue weighted by molar-refractivity contribution is 5.92. The molecule has 0 saturated carbocycles. The van der Waals surface area contributed by atoms with Crippen LogP contribution in [0.1, 0.15) is 16.1 Å². The van der Waals surface area contributed by atoms with E-state index in [1.165, 1.54) is 7.11 Å². The van der Waals surface area contributed by atoms with Crippen LogP contribution in [0.2, 0.25) is 0 Å². The predicted octanol–water partition coefficient (Wildman–Crippen LogP) is -0.468. The number of hydrogen-bond donors (Lipinski definition) is 3. The SMILES string of the molecule is CNC(=O)c1ccc(CNCCO)c(OC)n1. The Morgan fingerprint density at radius 1 is 1.53 bits per heavy atom. The molecule has 0 aliphatic rings. The Kier molecular flexibility index (Phi) is 5.38. The van der Waals surface area contributed by atoms with E-state index in [4.69, 9.17) is 9.84 Å². The molecule has 1 aromatic rings. The third-order valence-electron chi connectivity index (χ3n) is 2.20. The van der Waals surface area contributed by atoms with Gasteiger partial charge in [-0.1, -0.05) is 0 Å². The van der Waals surface area contributed by atoms with Gasteiger partial charge >= 0.3 is 0 Å². The maximum Gasteiger partial charge on any atom is 0.269 e. The van der Waals surface area contributed by atoms with Crippen LogP contribution in [0.4, 0.5) is 0 Å². The molecule has 0 fully saturated rings. The van der Waals surface area contributed by atoms with Crippen LogP contribution in [-0.2, 0) is 6.54 Å². The minimum absolute atomic E-state index is 0.0755. The molecular formula is C11H17N3O3. The van der Waals surface area contributed by atoms with Crippen molar-refractivity contribution in [2.45, 2.75) is 6.54 Å². The first kappa shape index (κ1) is 13.4. The Morgan fingerprint density at radius 3 is 2.88 bits per heavy atom. The molecule has 0 aliphatic heterocycles. The van der Waals surface area contributed by atoms with Gasteiger partial charge in [0.2, 0.25) is 5.88 Å². The van der Waals surface area contributed by atoms with Crippen molar-refractivity contribution >= 4 is 5.91 Å². The number of pyridine rings is 1. The van der Waals surface area contributed by atoms with Crippen LogP contribution >= 0.6 is 0 Å². The number of aromatic nitrogens is 1. The average molecular weight is 239 g/mol. The van der Waals surface area contributed by atoms with Gasteiger partial charge in [-0.2, -0.15) is 0 Å². The molecule has 3 N–H and O–H groups in total. The maximum absolute atomic E-state index is 11.4. The summed E-state index contributed by atoms with van der Waals surface area (Å²) in [6, 6.07) is 3.41. The average Bonchev–Trinajstić information content (AvgIpc) is 2.38. The van der Waals surface area contributed by atoms with Gasteiger partial charge in [-0.25, -0.2) is 4.98 Å². The highest BCUT2D eigenvalue weighted by Crippen LogP contribution is 2.15. The summed E-state index contributed by atoms with van der Waals surface area (Å²) >= 11 is 0. The molecule has 0 radical (unpaired) electrons. The van der Waals surface area contributed by atoms with Gasteiger partial charge in [-0.15, -0.1) is 0 Å². The van der Waals surface area contributed by atoms with E-state index in [1.54, 1.807) is 19.2 Å². The number of aliphatic hydroxyl groups excluding tert-OH is 1. The standard InChI is InChI=1S/C11H17N3O3/c1-12-10(16)9-4-3-8(7-13-5-6-15)11(14-9)17-2/h3-4,13,15H,5-7H2,1-2H3,(H,12,16). The molecule has 0 saturated heterocycles. The molecule has 0 spiro atoms. The van der Waals surface area contributed by atoms with Crippen LogP contribution < -0.4 is 15.4 Å². The van der Waals surface area contributed by atoms with Crippen molar-refractivity contribution in [2.24, 2.45) is 0 Å². The van der Waals surface area contributed by atoms with Crippen LogP contribution in [0.5, 0.6) is 5.88 Å². The molecule has 0 aliphatic carbocycles. The van der Waals surface area contributed by atoms with Crippen molar-refractivity contribution < 1.29 is 14.6 Å². The molecule has 6 heteroatoms. The van der Waals surface area contributed by atoms with Crippen LogP contribution in [0.15, 0.2) is 12.1 Å². The highest BCUT2D eigenvalue weighted by atomic mass is 16.5. The van der Waals surface area contributed by atoms with E-state index in [2.05, 4.69) is 15.6 Å². The largest absolute Gasteiger partial charge is 0.481 e. The van der Waals surface area contributed by atoms with Crippen molar-refractivity contribution in [1.29, 1.82) is 0 Å². The number of rotatable bonds is 6. The maximum atomic E-state index is 11.4. The number of carbonyl (C=O) groups is 1. The summed E-state index contributed by atoms with van der Waals surface area (Å²) in [5.41, 5.74) is 1.16. The fourth-order valence-electron chi connectivity index (χ4n) is 1.34. The van der Waals surface area contributed by atoms with Crippen LogP contribution in [0, 0.1) is 0 Å². The van der Waals surface area contributed by atoms with Crippen LogP contribution in [0.25, 0.3) is 0 Å². The van der Waals surface area contributed by atoms with E-state index in [-0.39, 0.29) is 12.5 Å².